The molecule has 1 aliphatic heterocycles. The number of hydrogen-bond donors (Lipinski definition) is 1. The van der Waals surface area contributed by atoms with Crippen LogP contribution in [0.15, 0.2) is 40.9 Å². The average Bonchev–Trinajstić information content (AvgIpc) is 2.47. The second-order valence-corrected chi connectivity index (χ2v) is 6.15. The number of halogens is 2. The average molecular weight is 365 g/mol. The highest BCUT2D eigenvalue weighted by Crippen LogP contribution is 2.25. The Morgan fingerprint density at radius 1 is 1.19 bits per heavy atom. The predicted molar refractivity (Wildman–Crippen MR) is 85.1 cm³/mol. The second-order valence-electron chi connectivity index (χ2n) is 4.83. The topological polar surface area (TPSA) is 46.2 Å². The smallest absolute Gasteiger partial charge is 0.251 e. The maximum absolute atomic E-state index is 12.5. The summed E-state index contributed by atoms with van der Waals surface area (Å²) in [5.74, 6) is -0.318. The summed E-state index contributed by atoms with van der Waals surface area (Å²) < 4.78 is 0.814. The molecule has 0 fully saturated rings. The largest absolute Gasteiger partial charge is 0.352 e. The third kappa shape index (κ3) is 2.74. The van der Waals surface area contributed by atoms with Crippen LogP contribution in [0.2, 0.25) is 5.02 Å². The van der Waals surface area contributed by atoms with Gasteiger partial charge in [-0.15, -0.1) is 0 Å². The summed E-state index contributed by atoms with van der Waals surface area (Å²) in [6, 6.07) is 10.4. The molecule has 21 heavy (non-hydrogen) atoms. The normalized spacial score (nSPS) is 13.5. The van der Waals surface area contributed by atoms with Crippen LogP contribution in [0, 0.1) is 0 Å². The molecule has 5 heteroatoms. The fourth-order valence-corrected chi connectivity index (χ4v) is 3.14. The molecule has 0 aromatic heterocycles. The summed E-state index contributed by atoms with van der Waals surface area (Å²) in [4.78, 5) is 24.4. The fourth-order valence-electron chi connectivity index (χ4n) is 2.38. The Kier molecular flexibility index (Phi) is 3.83. The van der Waals surface area contributed by atoms with Crippen molar-refractivity contribution in [2.45, 2.75) is 6.42 Å². The third-order valence-corrected chi connectivity index (χ3v) is 4.28. The van der Waals surface area contributed by atoms with Gasteiger partial charge in [0.05, 0.1) is 5.02 Å². The predicted octanol–water partition coefficient (Wildman–Crippen LogP) is 3.62. The number of benzene rings is 2. The van der Waals surface area contributed by atoms with Crippen molar-refractivity contribution in [1.82, 2.24) is 5.32 Å². The van der Waals surface area contributed by atoms with Gasteiger partial charge in [-0.2, -0.15) is 0 Å². The fraction of sp³-hybridized carbons (Fsp3) is 0.125. The molecule has 0 aliphatic carbocycles. The van der Waals surface area contributed by atoms with E-state index < -0.39 is 0 Å². The molecule has 106 valence electrons. The third-order valence-electron chi connectivity index (χ3n) is 3.47. The Labute approximate surface area is 135 Å². The molecule has 2 aromatic carbocycles. The lowest BCUT2D eigenvalue weighted by Crippen LogP contribution is -2.32. The Hall–Kier alpha value is -1.65. The minimum atomic E-state index is -0.186. The van der Waals surface area contributed by atoms with Crippen molar-refractivity contribution in [2.24, 2.45) is 0 Å². The number of ketones is 1. The first kappa shape index (κ1) is 14.3. The number of rotatable bonds is 2. The molecule has 3 rings (SSSR count). The van der Waals surface area contributed by atoms with E-state index in [1.165, 1.54) is 0 Å². The Balaban J connectivity index is 2.02. The maximum atomic E-state index is 12.5. The van der Waals surface area contributed by atoms with Crippen molar-refractivity contribution in [1.29, 1.82) is 0 Å². The van der Waals surface area contributed by atoms with E-state index in [1.807, 2.05) is 6.07 Å². The second kappa shape index (κ2) is 5.62. The molecular weight excluding hydrogens is 354 g/mol. The van der Waals surface area contributed by atoms with E-state index in [9.17, 15) is 9.59 Å². The SMILES string of the molecule is O=C(c1ccc2c(c1)C(=O)NCC2)c1ccc(Br)cc1Cl. The van der Waals surface area contributed by atoms with E-state index in [2.05, 4.69) is 21.2 Å². The molecule has 3 nitrogen and oxygen atoms in total. The van der Waals surface area contributed by atoms with Gasteiger partial charge < -0.3 is 5.32 Å². The standard InChI is InChI=1S/C16H11BrClNO2/c17-11-3-4-12(14(18)8-11)15(20)10-2-1-9-5-6-19-16(21)13(9)7-10/h1-4,7-8H,5-6H2,(H,19,21). The zero-order valence-electron chi connectivity index (χ0n) is 11.0. The number of carbonyl (C=O) groups excluding carboxylic acids is 2. The molecule has 2 aromatic rings. The van der Waals surface area contributed by atoms with Crippen molar-refractivity contribution >= 4 is 39.2 Å². The van der Waals surface area contributed by atoms with E-state index in [0.29, 0.717) is 28.3 Å². The lowest BCUT2D eigenvalue weighted by Gasteiger charge is -2.17. The summed E-state index contributed by atoms with van der Waals surface area (Å²) in [6.07, 6.45) is 0.786. The highest BCUT2D eigenvalue weighted by Gasteiger charge is 2.20. The summed E-state index contributed by atoms with van der Waals surface area (Å²) in [6.45, 7) is 0.637. The van der Waals surface area contributed by atoms with E-state index in [0.717, 1.165) is 16.5 Å². The lowest BCUT2D eigenvalue weighted by molar-refractivity contribution is 0.0946. The number of nitrogens with one attached hydrogen (secondary N) is 1. The molecule has 0 saturated heterocycles. The highest BCUT2D eigenvalue weighted by atomic mass is 79.9. The first-order valence-electron chi connectivity index (χ1n) is 6.47. The van der Waals surface area contributed by atoms with Crippen LogP contribution in [0.3, 0.4) is 0 Å². The van der Waals surface area contributed by atoms with Crippen LogP contribution in [0.4, 0.5) is 0 Å². The van der Waals surface area contributed by atoms with Crippen LogP contribution in [0.25, 0.3) is 0 Å². The summed E-state index contributed by atoms with van der Waals surface area (Å²) >= 11 is 9.43. The number of hydrogen-bond acceptors (Lipinski definition) is 2. The van der Waals surface area contributed by atoms with Gasteiger partial charge in [0.25, 0.3) is 5.91 Å². The molecule has 0 saturated carbocycles. The van der Waals surface area contributed by atoms with Gasteiger partial charge in [0, 0.05) is 27.7 Å². The first-order valence-corrected chi connectivity index (χ1v) is 7.64. The summed E-state index contributed by atoms with van der Waals surface area (Å²) in [5.41, 5.74) is 2.43. The Morgan fingerprint density at radius 3 is 2.76 bits per heavy atom. The highest BCUT2D eigenvalue weighted by molar-refractivity contribution is 9.10. The van der Waals surface area contributed by atoms with E-state index >= 15 is 0 Å². The number of fused-ring (bicyclic) bond motifs is 1. The van der Waals surface area contributed by atoms with Gasteiger partial charge in [0.15, 0.2) is 5.78 Å². The number of amides is 1. The molecule has 0 spiro atoms. The van der Waals surface area contributed by atoms with Crippen LogP contribution in [0.5, 0.6) is 0 Å². The van der Waals surface area contributed by atoms with Gasteiger partial charge in [0.1, 0.15) is 0 Å². The molecule has 1 aliphatic rings. The quantitative estimate of drug-likeness (QED) is 0.827. The Bertz CT molecular complexity index is 758. The Morgan fingerprint density at radius 2 is 2.00 bits per heavy atom. The molecule has 0 bridgehead atoms. The minimum absolute atomic E-state index is 0.132. The zero-order chi connectivity index (χ0) is 15.0. The summed E-state index contributed by atoms with van der Waals surface area (Å²) in [7, 11) is 0. The van der Waals surface area contributed by atoms with Gasteiger partial charge in [-0.05, 0) is 36.2 Å². The monoisotopic (exact) mass is 363 g/mol. The van der Waals surface area contributed by atoms with Crippen molar-refractivity contribution in [3.63, 3.8) is 0 Å². The molecule has 0 unspecified atom stereocenters. The van der Waals surface area contributed by atoms with Crippen molar-refractivity contribution < 1.29 is 9.59 Å². The maximum Gasteiger partial charge on any atom is 0.251 e. The molecule has 0 atom stereocenters. The van der Waals surface area contributed by atoms with E-state index in [-0.39, 0.29) is 11.7 Å². The van der Waals surface area contributed by atoms with Gasteiger partial charge in [-0.25, -0.2) is 0 Å². The minimum Gasteiger partial charge on any atom is -0.352 e. The molecule has 1 N–H and O–H groups in total. The molecule has 1 amide bonds. The van der Waals surface area contributed by atoms with Gasteiger partial charge in [-0.1, -0.05) is 39.7 Å². The lowest BCUT2D eigenvalue weighted by atomic mass is 9.94. The van der Waals surface area contributed by atoms with Gasteiger partial charge >= 0.3 is 0 Å². The van der Waals surface area contributed by atoms with Crippen LogP contribution < -0.4 is 5.32 Å². The van der Waals surface area contributed by atoms with Gasteiger partial charge in [-0.3, -0.25) is 9.59 Å². The van der Waals surface area contributed by atoms with Crippen molar-refractivity contribution in [2.75, 3.05) is 6.54 Å². The van der Waals surface area contributed by atoms with Crippen LogP contribution in [-0.4, -0.2) is 18.2 Å². The van der Waals surface area contributed by atoms with Crippen LogP contribution in [-0.2, 0) is 6.42 Å². The zero-order valence-corrected chi connectivity index (χ0v) is 13.3. The van der Waals surface area contributed by atoms with E-state index in [4.69, 9.17) is 11.6 Å². The number of carbonyl (C=O) groups is 2. The molecule has 1 heterocycles. The van der Waals surface area contributed by atoms with E-state index in [1.54, 1.807) is 30.3 Å². The molecule has 0 radical (unpaired) electrons. The van der Waals surface area contributed by atoms with Gasteiger partial charge in [0.2, 0.25) is 0 Å². The molecular formula is C16H11BrClNO2. The van der Waals surface area contributed by atoms with Crippen molar-refractivity contribution in [3.05, 3.63) is 68.1 Å². The van der Waals surface area contributed by atoms with Crippen molar-refractivity contribution in [3.8, 4) is 0 Å². The van der Waals surface area contributed by atoms with Crippen LogP contribution >= 0.6 is 27.5 Å². The van der Waals surface area contributed by atoms with Crippen LogP contribution in [0.1, 0.15) is 31.8 Å². The summed E-state index contributed by atoms with van der Waals surface area (Å²) in [5, 5.41) is 3.17. The first-order chi connectivity index (χ1) is 10.1.